The summed E-state index contributed by atoms with van der Waals surface area (Å²) in [4.78, 5) is 11.0. The molecule has 1 aromatic carbocycles. The first kappa shape index (κ1) is 14.1. The van der Waals surface area contributed by atoms with Gasteiger partial charge in [-0.2, -0.15) is 0 Å². The fraction of sp³-hybridized carbons (Fsp3) is 0.308. The lowest BCUT2D eigenvalue weighted by molar-refractivity contribution is -0.116. The third kappa shape index (κ3) is 4.10. The highest BCUT2D eigenvalue weighted by Crippen LogP contribution is 2.29. The molecule has 0 aliphatic heterocycles. The number of carbonyl (C=O) groups is 1. The van der Waals surface area contributed by atoms with E-state index >= 15 is 0 Å². The molecule has 0 unspecified atom stereocenters. The van der Waals surface area contributed by atoms with Crippen molar-refractivity contribution in [3.8, 4) is 11.5 Å². The van der Waals surface area contributed by atoms with Crippen LogP contribution in [-0.4, -0.2) is 19.1 Å². The summed E-state index contributed by atoms with van der Waals surface area (Å²) in [6, 6.07) is 5.43. The van der Waals surface area contributed by atoms with Crippen LogP contribution in [0, 0.1) is 0 Å². The van der Waals surface area contributed by atoms with Crippen molar-refractivity contribution in [3.05, 3.63) is 29.8 Å². The zero-order valence-electron chi connectivity index (χ0n) is 10.8. The zero-order chi connectivity index (χ0) is 13.5. The molecule has 0 saturated heterocycles. The maximum atomic E-state index is 11.0. The van der Waals surface area contributed by atoms with Crippen molar-refractivity contribution in [3.63, 3.8) is 0 Å². The zero-order valence-corrected chi connectivity index (χ0v) is 10.8. The molecule has 0 heterocycles. The summed E-state index contributed by atoms with van der Waals surface area (Å²) in [7, 11) is 1.57. The number of rotatable bonds is 5. The van der Waals surface area contributed by atoms with Crippen LogP contribution in [0.15, 0.2) is 24.3 Å². The molecule has 0 saturated carbocycles. The van der Waals surface area contributed by atoms with Gasteiger partial charge in [-0.25, -0.2) is 5.84 Å². The third-order valence-corrected chi connectivity index (χ3v) is 2.12. The lowest BCUT2D eigenvalue weighted by Gasteiger charge is -2.13. The van der Waals surface area contributed by atoms with E-state index < -0.39 is 0 Å². The largest absolute Gasteiger partial charge is 0.493 e. The molecule has 98 valence electrons. The van der Waals surface area contributed by atoms with Crippen molar-refractivity contribution < 1.29 is 14.3 Å². The van der Waals surface area contributed by atoms with Gasteiger partial charge in [-0.1, -0.05) is 6.07 Å². The number of benzene rings is 1. The van der Waals surface area contributed by atoms with Crippen molar-refractivity contribution in [1.29, 1.82) is 0 Å². The minimum Gasteiger partial charge on any atom is -0.493 e. The second-order valence-corrected chi connectivity index (χ2v) is 3.92. The summed E-state index contributed by atoms with van der Waals surface area (Å²) in [5.74, 6) is 5.91. The highest BCUT2D eigenvalue weighted by Gasteiger charge is 2.06. The maximum absolute atomic E-state index is 11.0. The van der Waals surface area contributed by atoms with Crippen LogP contribution in [0.3, 0.4) is 0 Å². The van der Waals surface area contributed by atoms with Gasteiger partial charge in [0.25, 0.3) is 5.91 Å². The minimum absolute atomic E-state index is 0.0725. The second-order valence-electron chi connectivity index (χ2n) is 3.92. The molecular weight excluding hydrogens is 232 g/mol. The molecule has 5 nitrogen and oxygen atoms in total. The summed E-state index contributed by atoms with van der Waals surface area (Å²) in [5.41, 5.74) is 2.85. The molecule has 1 aromatic rings. The normalized spacial score (nSPS) is 10.7. The van der Waals surface area contributed by atoms with E-state index in [2.05, 4.69) is 0 Å². The molecule has 0 aliphatic carbocycles. The van der Waals surface area contributed by atoms with E-state index in [0.717, 1.165) is 5.56 Å². The molecular formula is C13H18N2O3. The monoisotopic (exact) mass is 250 g/mol. The van der Waals surface area contributed by atoms with Gasteiger partial charge in [0.05, 0.1) is 13.2 Å². The van der Waals surface area contributed by atoms with Gasteiger partial charge in [0.1, 0.15) is 0 Å². The fourth-order valence-corrected chi connectivity index (χ4v) is 1.36. The summed E-state index contributed by atoms with van der Waals surface area (Å²) in [5, 5.41) is 0. The molecule has 0 radical (unpaired) electrons. The standard InChI is InChI=1S/C13H18N2O3/c1-9(2)18-11-6-4-10(8-12(11)17-3)5-7-13(16)15-14/h4-9H,14H2,1-3H3,(H,15,16)/b7-5+. The molecule has 1 amide bonds. The Morgan fingerprint density at radius 3 is 2.67 bits per heavy atom. The Hall–Kier alpha value is -2.01. The number of methoxy groups -OCH3 is 1. The van der Waals surface area contributed by atoms with Crippen molar-refractivity contribution in [2.24, 2.45) is 5.84 Å². The smallest absolute Gasteiger partial charge is 0.257 e. The number of nitrogens with one attached hydrogen (secondary N) is 1. The molecule has 0 atom stereocenters. The lowest BCUT2D eigenvalue weighted by atomic mass is 10.2. The van der Waals surface area contributed by atoms with Gasteiger partial charge >= 0.3 is 0 Å². The van der Waals surface area contributed by atoms with E-state index in [4.69, 9.17) is 15.3 Å². The number of nitrogens with two attached hydrogens (primary N) is 1. The van der Waals surface area contributed by atoms with Crippen LogP contribution in [0.1, 0.15) is 19.4 Å². The van der Waals surface area contributed by atoms with E-state index in [0.29, 0.717) is 11.5 Å². The van der Waals surface area contributed by atoms with Crippen LogP contribution in [0.5, 0.6) is 11.5 Å². The molecule has 0 aliphatic rings. The Labute approximate surface area is 107 Å². The van der Waals surface area contributed by atoms with Crippen LogP contribution in [0.2, 0.25) is 0 Å². The Bertz CT molecular complexity index is 442. The summed E-state index contributed by atoms with van der Waals surface area (Å²) < 4.78 is 10.8. The molecule has 0 bridgehead atoms. The van der Waals surface area contributed by atoms with E-state index in [1.165, 1.54) is 6.08 Å². The van der Waals surface area contributed by atoms with Crippen molar-refractivity contribution in [2.45, 2.75) is 20.0 Å². The summed E-state index contributed by atoms with van der Waals surface area (Å²) >= 11 is 0. The lowest BCUT2D eigenvalue weighted by Crippen LogP contribution is -2.27. The van der Waals surface area contributed by atoms with Gasteiger partial charge in [0.15, 0.2) is 11.5 Å². The third-order valence-electron chi connectivity index (χ3n) is 2.12. The number of hydrogen-bond acceptors (Lipinski definition) is 4. The predicted octanol–water partition coefficient (Wildman–Crippen LogP) is 1.49. The molecule has 0 spiro atoms. The van der Waals surface area contributed by atoms with Gasteiger partial charge in [-0.15, -0.1) is 0 Å². The van der Waals surface area contributed by atoms with Gasteiger partial charge in [-0.05, 0) is 37.6 Å². The van der Waals surface area contributed by atoms with Crippen LogP contribution in [0.4, 0.5) is 0 Å². The van der Waals surface area contributed by atoms with Gasteiger partial charge < -0.3 is 9.47 Å². The van der Waals surface area contributed by atoms with Gasteiger partial charge in [0.2, 0.25) is 0 Å². The van der Waals surface area contributed by atoms with Crippen LogP contribution in [-0.2, 0) is 4.79 Å². The summed E-state index contributed by atoms with van der Waals surface area (Å²) in [6.45, 7) is 3.89. The van der Waals surface area contributed by atoms with Crippen molar-refractivity contribution in [1.82, 2.24) is 5.43 Å². The van der Waals surface area contributed by atoms with Crippen LogP contribution < -0.4 is 20.7 Å². The highest BCUT2D eigenvalue weighted by molar-refractivity contribution is 5.91. The van der Waals surface area contributed by atoms with Crippen LogP contribution >= 0.6 is 0 Å². The van der Waals surface area contributed by atoms with Crippen molar-refractivity contribution >= 4 is 12.0 Å². The number of hydrazine groups is 1. The molecule has 3 N–H and O–H groups in total. The minimum atomic E-state index is -0.364. The topological polar surface area (TPSA) is 73.6 Å². The first-order chi connectivity index (χ1) is 8.56. The second kappa shape index (κ2) is 6.66. The molecule has 0 aromatic heterocycles. The van der Waals surface area contributed by atoms with Crippen molar-refractivity contribution in [2.75, 3.05) is 7.11 Å². The Balaban J connectivity index is 2.91. The van der Waals surface area contributed by atoms with E-state index in [-0.39, 0.29) is 12.0 Å². The average Bonchev–Trinajstić information content (AvgIpc) is 2.36. The average molecular weight is 250 g/mol. The molecule has 18 heavy (non-hydrogen) atoms. The van der Waals surface area contributed by atoms with Gasteiger partial charge in [-0.3, -0.25) is 10.2 Å². The molecule has 5 heteroatoms. The van der Waals surface area contributed by atoms with Crippen LogP contribution in [0.25, 0.3) is 6.08 Å². The summed E-state index contributed by atoms with van der Waals surface area (Å²) in [6.07, 6.45) is 3.06. The Morgan fingerprint density at radius 2 is 2.11 bits per heavy atom. The van der Waals surface area contributed by atoms with E-state index in [9.17, 15) is 4.79 Å². The molecule has 0 fully saturated rings. The first-order valence-corrected chi connectivity index (χ1v) is 5.60. The number of carbonyl (C=O) groups excluding carboxylic acids is 1. The van der Waals surface area contributed by atoms with Gasteiger partial charge in [0, 0.05) is 6.08 Å². The highest BCUT2D eigenvalue weighted by atomic mass is 16.5. The maximum Gasteiger partial charge on any atom is 0.257 e. The molecule has 1 rings (SSSR count). The Kier molecular flexibility index (Phi) is 5.20. The first-order valence-electron chi connectivity index (χ1n) is 5.60. The number of ether oxygens (including phenoxy) is 2. The quantitative estimate of drug-likeness (QED) is 0.359. The van der Waals surface area contributed by atoms with E-state index in [1.54, 1.807) is 25.3 Å². The van der Waals surface area contributed by atoms with E-state index in [1.807, 2.05) is 25.3 Å². The SMILES string of the molecule is COc1cc(/C=C/C(=O)NN)ccc1OC(C)C. The predicted molar refractivity (Wildman–Crippen MR) is 70.1 cm³/mol. The Morgan fingerprint density at radius 1 is 1.39 bits per heavy atom. The number of amides is 1. The number of hydrogen-bond donors (Lipinski definition) is 2. The fourth-order valence-electron chi connectivity index (χ4n) is 1.36.